The topological polar surface area (TPSA) is 68.7 Å². The van der Waals surface area contributed by atoms with Crippen LogP contribution in [0.4, 0.5) is 5.69 Å². The number of anilines is 1. The van der Waals surface area contributed by atoms with E-state index in [4.69, 9.17) is 23.2 Å². The second-order valence-electron chi connectivity index (χ2n) is 8.76. The zero-order valence-electron chi connectivity index (χ0n) is 20.4. The van der Waals surface area contributed by atoms with Crippen LogP contribution in [-0.2, 0) is 6.54 Å². The van der Waals surface area contributed by atoms with Crippen molar-refractivity contribution in [3.63, 3.8) is 0 Å². The molecule has 1 fully saturated rings. The standard InChI is InChI=1S/C16H12N2OS.C12H16Cl2N2O/c19-11-12-6-8-14(9-7-12)18-20-15-5-1-3-13-4-2-10-17-16(13)15;1-15-2-4-16(5-3-15)8-9-6-10(13)12(17)11(14)7-9/h1-11,18H;6-7,17H,2-5,8H2,1H3. The summed E-state index contributed by atoms with van der Waals surface area (Å²) in [6.07, 6.45) is 2.64. The molecule has 4 aromatic rings. The van der Waals surface area contributed by atoms with Crippen LogP contribution in [0.15, 0.2) is 77.8 Å². The van der Waals surface area contributed by atoms with Gasteiger partial charge in [0, 0.05) is 55.6 Å². The Labute approximate surface area is 231 Å². The molecule has 2 heterocycles. The SMILES string of the molecule is CN1CCN(Cc2cc(Cl)c(O)c(Cl)c2)CC1.O=Cc1ccc(NSc2cccc3cccnc23)cc1. The van der Waals surface area contributed by atoms with Crippen LogP contribution in [0.2, 0.25) is 10.0 Å². The molecule has 1 aliphatic heterocycles. The third kappa shape index (κ3) is 7.60. The van der Waals surface area contributed by atoms with Gasteiger partial charge in [0.1, 0.15) is 6.29 Å². The van der Waals surface area contributed by atoms with Crippen molar-refractivity contribution in [1.29, 1.82) is 0 Å². The summed E-state index contributed by atoms with van der Waals surface area (Å²) in [6.45, 7) is 5.09. The first-order valence-electron chi connectivity index (χ1n) is 11.8. The molecule has 2 N–H and O–H groups in total. The average Bonchev–Trinajstić information content (AvgIpc) is 2.92. The number of aldehydes is 1. The van der Waals surface area contributed by atoms with Crippen LogP contribution in [0.3, 0.4) is 0 Å². The van der Waals surface area contributed by atoms with E-state index in [-0.39, 0.29) is 5.75 Å². The first-order valence-corrected chi connectivity index (χ1v) is 13.4. The van der Waals surface area contributed by atoms with Crippen LogP contribution in [0.5, 0.6) is 5.75 Å². The molecule has 9 heteroatoms. The van der Waals surface area contributed by atoms with Crippen molar-refractivity contribution in [1.82, 2.24) is 14.8 Å². The van der Waals surface area contributed by atoms with Crippen LogP contribution < -0.4 is 4.72 Å². The van der Waals surface area contributed by atoms with E-state index in [0.29, 0.717) is 15.6 Å². The molecule has 3 aromatic carbocycles. The highest BCUT2D eigenvalue weighted by Crippen LogP contribution is 2.33. The number of phenolic OH excluding ortho intramolecular Hbond substituents is 1. The van der Waals surface area contributed by atoms with E-state index >= 15 is 0 Å². The van der Waals surface area contributed by atoms with Crippen molar-refractivity contribution in [3.8, 4) is 5.75 Å². The number of carbonyl (C=O) groups is 1. The molecule has 0 amide bonds. The molecule has 192 valence electrons. The van der Waals surface area contributed by atoms with Crippen LogP contribution in [0.1, 0.15) is 15.9 Å². The fourth-order valence-electron chi connectivity index (χ4n) is 3.88. The number of para-hydroxylation sites is 1. The molecule has 1 aromatic heterocycles. The van der Waals surface area contributed by atoms with Gasteiger partial charge in [-0.1, -0.05) is 41.4 Å². The summed E-state index contributed by atoms with van der Waals surface area (Å²) in [5.74, 6) is -0.0320. The lowest BCUT2D eigenvalue weighted by Crippen LogP contribution is -2.43. The van der Waals surface area contributed by atoms with Crippen LogP contribution in [0.25, 0.3) is 10.9 Å². The summed E-state index contributed by atoms with van der Waals surface area (Å²) in [5, 5.41) is 11.2. The van der Waals surface area contributed by atoms with Gasteiger partial charge in [-0.3, -0.25) is 14.7 Å². The molecule has 37 heavy (non-hydrogen) atoms. The first kappa shape index (κ1) is 27.2. The maximum absolute atomic E-state index is 10.6. The van der Waals surface area contributed by atoms with E-state index in [2.05, 4.69) is 26.6 Å². The highest BCUT2D eigenvalue weighted by atomic mass is 35.5. The Morgan fingerprint density at radius 1 is 1.00 bits per heavy atom. The van der Waals surface area contributed by atoms with Crippen LogP contribution >= 0.6 is 35.1 Å². The predicted octanol–water partition coefficient (Wildman–Crippen LogP) is 6.61. The number of rotatable bonds is 6. The lowest BCUT2D eigenvalue weighted by atomic mass is 10.2. The quantitative estimate of drug-likeness (QED) is 0.205. The number of piperazine rings is 1. The number of nitrogens with zero attached hydrogens (tertiary/aromatic N) is 3. The Hall–Kier alpha value is -2.81. The number of benzene rings is 3. The maximum atomic E-state index is 10.6. The monoisotopic (exact) mass is 554 g/mol. The molecule has 5 rings (SSSR count). The van der Waals surface area contributed by atoms with Gasteiger partial charge in [-0.15, -0.1) is 0 Å². The zero-order chi connectivity index (χ0) is 26.2. The van der Waals surface area contributed by atoms with Crippen molar-refractivity contribution >= 4 is 58.0 Å². The molecule has 0 aliphatic carbocycles. The van der Waals surface area contributed by atoms with Gasteiger partial charge in [-0.25, -0.2) is 0 Å². The third-order valence-electron chi connectivity index (χ3n) is 6.00. The Morgan fingerprint density at radius 3 is 2.35 bits per heavy atom. The van der Waals surface area contributed by atoms with Crippen molar-refractivity contribution in [3.05, 3.63) is 94.1 Å². The fraction of sp³-hybridized carbons (Fsp3) is 0.214. The third-order valence-corrected chi connectivity index (χ3v) is 7.46. The smallest absolute Gasteiger partial charge is 0.152 e. The molecule has 0 bridgehead atoms. The van der Waals surface area contributed by atoms with Gasteiger partial charge in [0.25, 0.3) is 0 Å². The molecule has 1 saturated heterocycles. The summed E-state index contributed by atoms with van der Waals surface area (Å²) in [5.41, 5.74) is 3.65. The van der Waals surface area contributed by atoms with Crippen molar-refractivity contribution in [2.24, 2.45) is 0 Å². The summed E-state index contributed by atoms with van der Waals surface area (Å²) >= 11 is 13.3. The molecular weight excluding hydrogens is 527 g/mol. The number of phenols is 1. The number of aromatic hydroxyl groups is 1. The van der Waals surface area contributed by atoms with Gasteiger partial charge in [0.05, 0.1) is 20.5 Å². The highest BCUT2D eigenvalue weighted by Gasteiger charge is 2.15. The Kier molecular flexibility index (Phi) is 9.66. The van der Waals surface area contributed by atoms with E-state index < -0.39 is 0 Å². The van der Waals surface area contributed by atoms with E-state index in [9.17, 15) is 9.90 Å². The van der Waals surface area contributed by atoms with Crippen molar-refractivity contribution in [2.75, 3.05) is 37.9 Å². The van der Waals surface area contributed by atoms with Crippen LogP contribution in [-0.4, -0.2) is 59.4 Å². The number of hydrogen-bond acceptors (Lipinski definition) is 7. The predicted molar refractivity (Wildman–Crippen MR) is 154 cm³/mol. The normalized spacial score (nSPS) is 14.1. The number of halogens is 2. The lowest BCUT2D eigenvalue weighted by molar-refractivity contribution is 0.112. The number of fused-ring (bicyclic) bond motifs is 1. The Morgan fingerprint density at radius 2 is 1.68 bits per heavy atom. The fourth-order valence-corrected chi connectivity index (χ4v) is 5.19. The van der Waals surface area contributed by atoms with Crippen molar-refractivity contribution in [2.45, 2.75) is 11.4 Å². The second-order valence-corrected chi connectivity index (χ2v) is 10.4. The molecule has 0 spiro atoms. The van der Waals surface area contributed by atoms with Gasteiger partial charge >= 0.3 is 0 Å². The Bertz CT molecular complexity index is 1320. The maximum Gasteiger partial charge on any atom is 0.152 e. The number of hydrogen-bond donors (Lipinski definition) is 2. The zero-order valence-corrected chi connectivity index (χ0v) is 22.7. The van der Waals surface area contributed by atoms with Crippen LogP contribution in [0, 0.1) is 0 Å². The number of likely N-dealkylation sites (N-methyl/N-ethyl adjacent to an activating group) is 1. The molecule has 6 nitrogen and oxygen atoms in total. The Balaban J connectivity index is 0.000000176. The summed E-state index contributed by atoms with van der Waals surface area (Å²) in [6, 6.07) is 21.0. The lowest BCUT2D eigenvalue weighted by Gasteiger charge is -2.32. The number of carbonyl (C=O) groups excluding carboxylic acids is 1. The minimum absolute atomic E-state index is 0.0320. The average molecular weight is 556 g/mol. The van der Waals surface area contributed by atoms with E-state index in [0.717, 1.165) is 66.1 Å². The van der Waals surface area contributed by atoms with E-state index in [1.165, 1.54) is 11.9 Å². The molecular formula is C28H28Cl2N4O2S. The minimum Gasteiger partial charge on any atom is -0.505 e. The van der Waals surface area contributed by atoms with Gasteiger partial charge in [-0.05, 0) is 73.1 Å². The molecule has 0 radical (unpaired) electrons. The molecule has 0 atom stereocenters. The molecule has 0 unspecified atom stereocenters. The number of pyridine rings is 1. The first-order chi connectivity index (χ1) is 17.9. The largest absolute Gasteiger partial charge is 0.505 e. The molecule has 1 aliphatic rings. The summed E-state index contributed by atoms with van der Waals surface area (Å²) in [7, 11) is 2.13. The van der Waals surface area contributed by atoms with E-state index in [1.54, 1.807) is 30.5 Å². The highest BCUT2D eigenvalue weighted by molar-refractivity contribution is 8.00. The summed E-state index contributed by atoms with van der Waals surface area (Å²) in [4.78, 5) is 20.8. The molecule has 0 saturated carbocycles. The van der Waals surface area contributed by atoms with Gasteiger partial charge in [0.2, 0.25) is 0 Å². The van der Waals surface area contributed by atoms with Crippen molar-refractivity contribution < 1.29 is 9.90 Å². The van der Waals surface area contributed by atoms with Gasteiger partial charge in [-0.2, -0.15) is 0 Å². The van der Waals surface area contributed by atoms with Gasteiger partial charge < -0.3 is 14.7 Å². The van der Waals surface area contributed by atoms with Gasteiger partial charge in [0.15, 0.2) is 5.75 Å². The van der Waals surface area contributed by atoms with E-state index in [1.807, 2.05) is 42.5 Å². The summed E-state index contributed by atoms with van der Waals surface area (Å²) < 4.78 is 3.27. The number of aromatic nitrogens is 1. The number of nitrogens with one attached hydrogen (secondary N) is 1. The second kappa shape index (κ2) is 13.1. The minimum atomic E-state index is -0.0320.